The number of hydrogen-bond donors (Lipinski definition) is 2. The van der Waals surface area contributed by atoms with Gasteiger partial charge in [0.2, 0.25) is 0 Å². The number of hydrazine groups is 1. The van der Waals surface area contributed by atoms with E-state index in [9.17, 15) is 0 Å². The van der Waals surface area contributed by atoms with E-state index in [1.807, 2.05) is 18.2 Å². The Kier molecular flexibility index (Phi) is 5.41. The molecular weight excluding hydrogens is 392 g/mol. The Balaban J connectivity index is 2.26. The van der Waals surface area contributed by atoms with Crippen LogP contribution in [0.5, 0.6) is 5.75 Å². The third-order valence-electron chi connectivity index (χ3n) is 2.81. The van der Waals surface area contributed by atoms with Crippen LogP contribution in [-0.2, 0) is 6.42 Å². The van der Waals surface area contributed by atoms with E-state index in [1.165, 1.54) is 4.88 Å². The summed E-state index contributed by atoms with van der Waals surface area (Å²) < 4.78 is 7.39. The highest BCUT2D eigenvalue weighted by atomic mass is 79.9. The van der Waals surface area contributed by atoms with E-state index in [4.69, 9.17) is 10.6 Å². The molecule has 6 heteroatoms. The second-order valence-corrected chi connectivity index (χ2v) is 6.81. The lowest BCUT2D eigenvalue weighted by molar-refractivity contribution is 0.412. The maximum absolute atomic E-state index is 5.70. The van der Waals surface area contributed by atoms with Crippen molar-refractivity contribution in [1.29, 1.82) is 0 Å². The summed E-state index contributed by atoms with van der Waals surface area (Å²) in [6, 6.07) is 8.04. The van der Waals surface area contributed by atoms with Gasteiger partial charge in [-0.05, 0) is 45.8 Å². The predicted octanol–water partition coefficient (Wildman–Crippen LogP) is 4.03. The molecule has 1 aromatic carbocycles. The Labute approximate surface area is 133 Å². The van der Waals surface area contributed by atoms with Crippen LogP contribution < -0.4 is 16.0 Å². The molecule has 0 aliphatic carbocycles. The number of ether oxygens (including phenoxy) is 1. The minimum absolute atomic E-state index is 0.0371. The van der Waals surface area contributed by atoms with E-state index in [2.05, 4.69) is 48.7 Å². The molecule has 0 aliphatic heterocycles. The number of methoxy groups -OCH3 is 1. The highest BCUT2D eigenvalue weighted by molar-refractivity contribution is 9.10. The van der Waals surface area contributed by atoms with Crippen LogP contribution in [0.1, 0.15) is 16.5 Å². The number of benzene rings is 1. The van der Waals surface area contributed by atoms with Crippen LogP contribution in [0.3, 0.4) is 0 Å². The summed E-state index contributed by atoms with van der Waals surface area (Å²) in [7, 11) is 1.66. The second kappa shape index (κ2) is 6.85. The Morgan fingerprint density at radius 3 is 2.74 bits per heavy atom. The zero-order valence-corrected chi connectivity index (χ0v) is 14.3. The van der Waals surface area contributed by atoms with Crippen LogP contribution in [0.15, 0.2) is 38.6 Å². The van der Waals surface area contributed by atoms with E-state index >= 15 is 0 Å². The van der Waals surface area contributed by atoms with Crippen molar-refractivity contribution in [3.8, 4) is 5.75 Å². The number of rotatable bonds is 5. The van der Waals surface area contributed by atoms with Gasteiger partial charge < -0.3 is 4.74 Å². The zero-order chi connectivity index (χ0) is 13.8. The summed E-state index contributed by atoms with van der Waals surface area (Å²) in [6.45, 7) is 0. The number of hydrogen-bond acceptors (Lipinski definition) is 4. The van der Waals surface area contributed by atoms with Crippen molar-refractivity contribution in [2.75, 3.05) is 7.11 Å². The van der Waals surface area contributed by atoms with Gasteiger partial charge in [0.25, 0.3) is 0 Å². The van der Waals surface area contributed by atoms with Crippen LogP contribution in [0.25, 0.3) is 0 Å². The minimum atomic E-state index is 0.0371. The van der Waals surface area contributed by atoms with Crippen molar-refractivity contribution in [2.45, 2.75) is 12.5 Å². The second-order valence-electron chi connectivity index (χ2n) is 4.04. The molecule has 2 aromatic rings. The summed E-state index contributed by atoms with van der Waals surface area (Å²) in [5.41, 5.74) is 3.96. The van der Waals surface area contributed by atoms with Gasteiger partial charge in [0, 0.05) is 25.6 Å². The van der Waals surface area contributed by atoms with Gasteiger partial charge in [0.1, 0.15) is 5.75 Å². The van der Waals surface area contributed by atoms with Crippen molar-refractivity contribution < 1.29 is 4.74 Å². The summed E-state index contributed by atoms with van der Waals surface area (Å²) in [5.74, 6) is 6.53. The van der Waals surface area contributed by atoms with Crippen LogP contribution >= 0.6 is 43.2 Å². The van der Waals surface area contributed by atoms with Gasteiger partial charge >= 0.3 is 0 Å². The lowest BCUT2D eigenvalue weighted by atomic mass is 10.0. The zero-order valence-electron chi connectivity index (χ0n) is 10.3. The third kappa shape index (κ3) is 3.79. The van der Waals surface area contributed by atoms with Crippen LogP contribution in [0.4, 0.5) is 0 Å². The highest BCUT2D eigenvalue weighted by Crippen LogP contribution is 2.31. The third-order valence-corrected chi connectivity index (χ3v) is 5.25. The quantitative estimate of drug-likeness (QED) is 0.583. The Hall–Kier alpha value is -0.400. The fourth-order valence-electron chi connectivity index (χ4n) is 1.84. The largest absolute Gasteiger partial charge is 0.497 e. The molecular formula is C13H14Br2N2OS. The Bertz CT molecular complexity index is 559. The Morgan fingerprint density at radius 1 is 1.37 bits per heavy atom. The van der Waals surface area contributed by atoms with Gasteiger partial charge in [-0.1, -0.05) is 15.9 Å². The van der Waals surface area contributed by atoms with Crippen molar-refractivity contribution >= 4 is 43.2 Å². The lowest BCUT2D eigenvalue weighted by Crippen LogP contribution is -2.29. The molecule has 0 aliphatic rings. The molecule has 0 radical (unpaired) electrons. The minimum Gasteiger partial charge on any atom is -0.497 e. The number of halogens is 2. The molecule has 19 heavy (non-hydrogen) atoms. The first-order valence-corrected chi connectivity index (χ1v) is 8.13. The first-order valence-electron chi connectivity index (χ1n) is 5.66. The van der Waals surface area contributed by atoms with E-state index in [0.717, 1.165) is 26.7 Å². The predicted molar refractivity (Wildman–Crippen MR) is 86.5 cm³/mol. The molecule has 0 amide bonds. The molecule has 102 valence electrons. The molecule has 0 saturated carbocycles. The number of nitrogens with one attached hydrogen (secondary N) is 1. The summed E-state index contributed by atoms with van der Waals surface area (Å²) in [6.07, 6.45) is 0.832. The molecule has 2 rings (SSSR count). The van der Waals surface area contributed by atoms with Gasteiger partial charge in [-0.3, -0.25) is 11.3 Å². The molecule has 3 nitrogen and oxygen atoms in total. The smallest absolute Gasteiger partial charge is 0.119 e. The van der Waals surface area contributed by atoms with Crippen LogP contribution in [-0.4, -0.2) is 7.11 Å². The summed E-state index contributed by atoms with van der Waals surface area (Å²) >= 11 is 8.74. The highest BCUT2D eigenvalue weighted by Gasteiger charge is 2.15. The van der Waals surface area contributed by atoms with Crippen LogP contribution in [0, 0.1) is 0 Å². The standard InChI is InChI=1S/C13H14Br2N2OS/c1-18-9-2-3-12(15)11(5-9)13(17-16)6-10-4-8(14)7-19-10/h2-5,7,13,17H,6,16H2,1H3. The maximum Gasteiger partial charge on any atom is 0.119 e. The van der Waals surface area contributed by atoms with Gasteiger partial charge in [-0.15, -0.1) is 11.3 Å². The fraction of sp³-hybridized carbons (Fsp3) is 0.231. The normalized spacial score (nSPS) is 12.4. The van der Waals surface area contributed by atoms with Crippen molar-refractivity contribution in [2.24, 2.45) is 5.84 Å². The first-order chi connectivity index (χ1) is 9.13. The van der Waals surface area contributed by atoms with E-state index < -0.39 is 0 Å². The molecule has 1 atom stereocenters. The molecule has 0 spiro atoms. The van der Waals surface area contributed by atoms with E-state index in [-0.39, 0.29) is 6.04 Å². The van der Waals surface area contributed by atoms with Crippen LogP contribution in [0.2, 0.25) is 0 Å². The van der Waals surface area contributed by atoms with Crippen molar-refractivity contribution in [1.82, 2.24) is 5.43 Å². The average Bonchev–Trinajstić information content (AvgIpc) is 2.82. The molecule has 1 unspecified atom stereocenters. The summed E-state index contributed by atoms with van der Waals surface area (Å²) in [5, 5.41) is 2.07. The van der Waals surface area contributed by atoms with Gasteiger partial charge in [-0.25, -0.2) is 0 Å². The maximum atomic E-state index is 5.70. The Morgan fingerprint density at radius 2 is 2.16 bits per heavy atom. The SMILES string of the molecule is COc1ccc(Br)c(C(Cc2cc(Br)cs2)NN)c1. The van der Waals surface area contributed by atoms with Crippen molar-refractivity contribution in [3.05, 3.63) is 49.0 Å². The molecule has 3 N–H and O–H groups in total. The monoisotopic (exact) mass is 404 g/mol. The first kappa shape index (κ1) is 15.0. The summed E-state index contributed by atoms with van der Waals surface area (Å²) in [4.78, 5) is 1.27. The fourth-order valence-corrected chi connectivity index (χ4v) is 3.86. The number of thiophene rings is 1. The van der Waals surface area contributed by atoms with Gasteiger partial charge in [0.15, 0.2) is 0 Å². The molecule has 0 fully saturated rings. The van der Waals surface area contributed by atoms with E-state index in [1.54, 1.807) is 18.4 Å². The topological polar surface area (TPSA) is 47.3 Å². The van der Waals surface area contributed by atoms with E-state index in [0.29, 0.717) is 0 Å². The van der Waals surface area contributed by atoms with Crippen molar-refractivity contribution in [3.63, 3.8) is 0 Å². The van der Waals surface area contributed by atoms with Gasteiger partial charge in [-0.2, -0.15) is 0 Å². The molecule has 1 aromatic heterocycles. The average molecular weight is 406 g/mol. The number of nitrogens with two attached hydrogens (primary N) is 1. The molecule has 1 heterocycles. The molecule has 0 saturated heterocycles. The lowest BCUT2D eigenvalue weighted by Gasteiger charge is -2.18. The molecule has 0 bridgehead atoms. The van der Waals surface area contributed by atoms with Gasteiger partial charge in [0.05, 0.1) is 13.2 Å².